The number of rotatable bonds is 6. The molecule has 0 aromatic carbocycles. The van der Waals surface area contributed by atoms with E-state index in [1.807, 2.05) is 6.92 Å². The van der Waals surface area contributed by atoms with E-state index in [0.717, 1.165) is 5.69 Å². The Morgan fingerprint density at radius 1 is 1.12 bits per heavy atom. The molecule has 0 aliphatic heterocycles. The molecule has 25 heavy (non-hydrogen) atoms. The smallest absolute Gasteiger partial charge is 0.201 e. The number of aromatic nitrogens is 8. The zero-order valence-electron chi connectivity index (χ0n) is 13.5. The Morgan fingerprint density at radius 2 is 1.92 bits per heavy atom. The highest BCUT2D eigenvalue weighted by molar-refractivity contribution is 5.82. The summed E-state index contributed by atoms with van der Waals surface area (Å²) < 4.78 is 3.03. The molecule has 0 unspecified atom stereocenters. The number of fused-ring (bicyclic) bond motifs is 2. The lowest BCUT2D eigenvalue weighted by atomic mass is 10.3. The van der Waals surface area contributed by atoms with Gasteiger partial charge in [-0.25, -0.2) is 15.8 Å². The normalized spacial score (nSPS) is 11.8. The lowest BCUT2D eigenvalue weighted by Gasteiger charge is -2.15. The van der Waals surface area contributed by atoms with Crippen LogP contribution in [0.5, 0.6) is 0 Å². The monoisotopic (exact) mass is 346 g/mol. The van der Waals surface area contributed by atoms with Crippen LogP contribution in [0, 0.1) is 6.92 Å². The molecule has 12 nitrogen and oxygen atoms in total. The van der Waals surface area contributed by atoms with Gasteiger partial charge in [-0.3, -0.25) is 15.2 Å². The zero-order chi connectivity index (χ0) is 17.6. The van der Waals surface area contributed by atoms with Gasteiger partial charge in [-0.1, -0.05) is 0 Å². The number of aliphatic hydroxyl groups excluding tert-OH is 2. The predicted molar refractivity (Wildman–Crippen MR) is 87.3 cm³/mol. The van der Waals surface area contributed by atoms with E-state index in [-0.39, 0.29) is 13.2 Å². The van der Waals surface area contributed by atoms with Crippen molar-refractivity contribution >= 4 is 22.7 Å². The van der Waals surface area contributed by atoms with Crippen LogP contribution in [0.2, 0.25) is 0 Å². The first-order chi connectivity index (χ1) is 12.1. The zero-order valence-corrected chi connectivity index (χ0v) is 13.5. The standard InChI is InChI=1S/C13H18N10O2/c1-7-11(13-17-10(3-5-25)20-23(13)18-7)21(14)8-6-15-22-12(8)16-9(19-22)2-4-24/h6,18,24-25H,2-5,14H2,1H3,(H,16,19). The van der Waals surface area contributed by atoms with Gasteiger partial charge in [0.15, 0.2) is 5.82 Å². The summed E-state index contributed by atoms with van der Waals surface area (Å²) in [5.41, 5.74) is 3.09. The van der Waals surface area contributed by atoms with E-state index in [0.29, 0.717) is 47.2 Å². The van der Waals surface area contributed by atoms with E-state index in [2.05, 4.69) is 30.4 Å². The van der Waals surface area contributed by atoms with E-state index < -0.39 is 0 Å². The Morgan fingerprint density at radius 3 is 2.68 bits per heavy atom. The van der Waals surface area contributed by atoms with Gasteiger partial charge in [0.25, 0.3) is 0 Å². The second-order valence-electron chi connectivity index (χ2n) is 5.60. The number of nitrogens with zero attached hydrogens (tertiary/aromatic N) is 7. The largest absolute Gasteiger partial charge is 0.396 e. The van der Waals surface area contributed by atoms with Crippen LogP contribution in [0.15, 0.2) is 6.20 Å². The first kappa shape index (κ1) is 15.6. The van der Waals surface area contributed by atoms with Gasteiger partial charge >= 0.3 is 0 Å². The number of anilines is 2. The van der Waals surface area contributed by atoms with E-state index in [1.54, 1.807) is 6.20 Å². The van der Waals surface area contributed by atoms with Crippen LogP contribution in [-0.4, -0.2) is 63.0 Å². The molecular weight excluding hydrogens is 328 g/mol. The minimum atomic E-state index is -0.0290. The van der Waals surface area contributed by atoms with Gasteiger partial charge < -0.3 is 10.2 Å². The average molecular weight is 346 g/mol. The van der Waals surface area contributed by atoms with Gasteiger partial charge in [0.2, 0.25) is 11.3 Å². The number of aliphatic hydroxyl groups is 2. The van der Waals surface area contributed by atoms with Crippen molar-refractivity contribution in [3.05, 3.63) is 23.5 Å². The van der Waals surface area contributed by atoms with Crippen molar-refractivity contribution in [3.63, 3.8) is 0 Å². The number of hydrogen-bond donors (Lipinski definition) is 5. The maximum atomic E-state index is 9.05. The highest BCUT2D eigenvalue weighted by atomic mass is 16.3. The van der Waals surface area contributed by atoms with Gasteiger partial charge in [0.1, 0.15) is 17.2 Å². The molecule has 0 aliphatic rings. The second-order valence-corrected chi connectivity index (χ2v) is 5.60. The van der Waals surface area contributed by atoms with Crippen LogP contribution in [0.1, 0.15) is 17.3 Å². The summed E-state index contributed by atoms with van der Waals surface area (Å²) in [6, 6.07) is 0. The Hall–Kier alpha value is -2.96. The summed E-state index contributed by atoms with van der Waals surface area (Å²) in [6.45, 7) is 1.82. The fourth-order valence-electron chi connectivity index (χ4n) is 2.76. The molecule has 0 spiro atoms. The molecule has 4 heterocycles. The van der Waals surface area contributed by atoms with Crippen LogP contribution in [0.25, 0.3) is 11.3 Å². The summed E-state index contributed by atoms with van der Waals surface area (Å²) in [6.07, 6.45) is 2.35. The van der Waals surface area contributed by atoms with E-state index >= 15 is 0 Å². The summed E-state index contributed by atoms with van der Waals surface area (Å²) >= 11 is 0. The minimum Gasteiger partial charge on any atom is -0.396 e. The topological polar surface area (TPSA) is 162 Å². The van der Waals surface area contributed by atoms with Gasteiger partial charge in [-0.05, 0) is 6.92 Å². The molecule has 0 saturated heterocycles. The predicted octanol–water partition coefficient (Wildman–Crippen LogP) is -1.18. The molecule has 0 atom stereocenters. The van der Waals surface area contributed by atoms with Crippen molar-refractivity contribution in [3.8, 4) is 0 Å². The fourth-order valence-corrected chi connectivity index (χ4v) is 2.76. The van der Waals surface area contributed by atoms with Crippen molar-refractivity contribution in [1.29, 1.82) is 0 Å². The molecule has 4 aromatic rings. The number of hydrazine groups is 1. The average Bonchev–Trinajstić information content (AvgIpc) is 3.27. The highest BCUT2D eigenvalue weighted by Gasteiger charge is 2.22. The number of nitrogens with one attached hydrogen (secondary N) is 2. The van der Waals surface area contributed by atoms with Gasteiger partial charge in [0, 0.05) is 12.8 Å². The summed E-state index contributed by atoms with van der Waals surface area (Å²) in [5.74, 6) is 7.47. The van der Waals surface area contributed by atoms with Crippen molar-refractivity contribution < 1.29 is 10.2 Å². The molecule has 0 aliphatic carbocycles. The maximum absolute atomic E-state index is 9.05. The Kier molecular flexibility index (Phi) is 3.63. The number of nitrogens with two attached hydrogens (primary N) is 1. The van der Waals surface area contributed by atoms with E-state index in [1.165, 1.54) is 14.3 Å². The first-order valence-electron chi connectivity index (χ1n) is 7.75. The number of H-pyrrole nitrogens is 2. The molecule has 0 bridgehead atoms. The van der Waals surface area contributed by atoms with Gasteiger partial charge in [-0.2, -0.15) is 14.4 Å². The van der Waals surface area contributed by atoms with Crippen LogP contribution in [-0.2, 0) is 12.8 Å². The molecule has 0 amide bonds. The molecule has 0 fully saturated rings. The van der Waals surface area contributed by atoms with Crippen molar-refractivity contribution in [2.75, 3.05) is 18.2 Å². The lowest BCUT2D eigenvalue weighted by molar-refractivity contribution is 0.296. The first-order valence-corrected chi connectivity index (χ1v) is 7.75. The molecule has 4 aromatic heterocycles. The van der Waals surface area contributed by atoms with Crippen molar-refractivity contribution in [2.24, 2.45) is 5.84 Å². The number of hydrogen-bond acceptors (Lipinski definition) is 8. The van der Waals surface area contributed by atoms with Crippen LogP contribution in [0.4, 0.5) is 11.4 Å². The lowest BCUT2D eigenvalue weighted by Crippen LogP contribution is -2.25. The second kappa shape index (κ2) is 5.84. The molecule has 0 radical (unpaired) electrons. The van der Waals surface area contributed by atoms with Crippen molar-refractivity contribution in [2.45, 2.75) is 19.8 Å². The van der Waals surface area contributed by atoms with E-state index in [9.17, 15) is 0 Å². The molecule has 132 valence electrons. The summed E-state index contributed by atoms with van der Waals surface area (Å²) in [7, 11) is 0. The van der Waals surface area contributed by atoms with Gasteiger partial charge in [-0.15, -0.1) is 5.10 Å². The molecule has 6 N–H and O–H groups in total. The van der Waals surface area contributed by atoms with Crippen LogP contribution in [0.3, 0.4) is 0 Å². The summed E-state index contributed by atoms with van der Waals surface area (Å²) in [4.78, 5) is 8.83. The van der Waals surface area contributed by atoms with Gasteiger partial charge in [0.05, 0.1) is 25.1 Å². The highest BCUT2D eigenvalue weighted by Crippen LogP contribution is 2.30. The Labute approximate surface area is 140 Å². The molecular formula is C13H18N10O2. The van der Waals surface area contributed by atoms with Crippen LogP contribution >= 0.6 is 0 Å². The number of aromatic amines is 2. The fraction of sp³-hybridized carbons (Fsp3) is 0.385. The third-order valence-corrected chi connectivity index (χ3v) is 3.88. The van der Waals surface area contributed by atoms with Crippen molar-refractivity contribution in [1.82, 2.24) is 39.6 Å². The summed E-state index contributed by atoms with van der Waals surface area (Å²) in [5, 5.41) is 34.1. The molecule has 0 saturated carbocycles. The van der Waals surface area contributed by atoms with E-state index in [4.69, 9.17) is 16.1 Å². The molecule has 12 heteroatoms. The maximum Gasteiger partial charge on any atom is 0.201 e. The minimum absolute atomic E-state index is 0.0107. The number of aryl methyl sites for hydroxylation is 1. The Bertz CT molecular complexity index is 1020. The Balaban J connectivity index is 1.78. The third-order valence-electron chi connectivity index (χ3n) is 3.88. The SMILES string of the molecule is Cc1[nH]n2nc(CCO)nc2c1N(N)c1cnn2[nH]c(CCO)nc12. The molecule has 4 rings (SSSR count). The quantitative estimate of drug-likeness (QED) is 0.215. The van der Waals surface area contributed by atoms with Crippen LogP contribution < -0.4 is 10.9 Å². The third kappa shape index (κ3) is 2.43.